The lowest BCUT2D eigenvalue weighted by molar-refractivity contribution is 0.297. The van der Waals surface area contributed by atoms with Crippen molar-refractivity contribution in [3.8, 4) is 5.75 Å². The molecule has 1 unspecified atom stereocenters. The van der Waals surface area contributed by atoms with Crippen molar-refractivity contribution in [1.29, 1.82) is 0 Å². The molecule has 0 fully saturated rings. The highest BCUT2D eigenvalue weighted by atomic mass is 35.7. The maximum absolute atomic E-state index is 5.96. The Hall–Kier alpha value is -0.300. The minimum atomic E-state index is -1.32. The van der Waals surface area contributed by atoms with Crippen LogP contribution in [0.1, 0.15) is 25.8 Å². The monoisotopic (exact) mass is 260 g/mol. The lowest BCUT2D eigenvalue weighted by Gasteiger charge is -2.12. The molecule has 16 heavy (non-hydrogen) atoms. The van der Waals surface area contributed by atoms with E-state index >= 15 is 0 Å². The third kappa shape index (κ3) is 5.69. The summed E-state index contributed by atoms with van der Waals surface area (Å²) in [4.78, 5) is 0. The zero-order valence-electron chi connectivity index (χ0n) is 9.94. The summed E-state index contributed by atoms with van der Waals surface area (Å²) in [5, 5.41) is 0. The summed E-state index contributed by atoms with van der Waals surface area (Å²) in [5.74, 6) is 1.38. The molecule has 2 nitrogen and oxygen atoms in total. The van der Waals surface area contributed by atoms with Crippen LogP contribution in [-0.2, 0) is 4.52 Å². The number of hydrogen-bond acceptors (Lipinski definition) is 2. The Morgan fingerprint density at radius 2 is 1.88 bits per heavy atom. The van der Waals surface area contributed by atoms with Gasteiger partial charge in [-0.15, -0.1) is 0 Å². The van der Waals surface area contributed by atoms with Crippen LogP contribution >= 0.6 is 19.0 Å². The van der Waals surface area contributed by atoms with Gasteiger partial charge in [-0.25, -0.2) is 0 Å². The number of hydrogen-bond donors (Lipinski definition) is 0. The first-order valence-electron chi connectivity index (χ1n) is 5.41. The van der Waals surface area contributed by atoms with Crippen LogP contribution in [0.2, 0.25) is 0 Å². The van der Waals surface area contributed by atoms with Gasteiger partial charge in [0.1, 0.15) is 5.75 Å². The molecule has 0 aliphatic carbocycles. The van der Waals surface area contributed by atoms with E-state index in [1.54, 1.807) is 0 Å². The van der Waals surface area contributed by atoms with Crippen molar-refractivity contribution in [2.24, 2.45) is 5.92 Å². The van der Waals surface area contributed by atoms with E-state index in [0.29, 0.717) is 12.5 Å². The second-order valence-electron chi connectivity index (χ2n) is 4.13. The second kappa shape index (κ2) is 7.11. The maximum Gasteiger partial charge on any atom is 0.338 e. The zero-order valence-corrected chi connectivity index (χ0v) is 11.6. The van der Waals surface area contributed by atoms with Crippen LogP contribution in [0.25, 0.3) is 0 Å². The lowest BCUT2D eigenvalue weighted by atomic mass is 10.2. The zero-order chi connectivity index (χ0) is 12.0. The van der Waals surface area contributed by atoms with Gasteiger partial charge >= 0.3 is 7.73 Å². The van der Waals surface area contributed by atoms with E-state index in [1.165, 1.54) is 5.56 Å². The molecule has 0 saturated heterocycles. The molecular formula is C12H18ClO2P. The predicted octanol–water partition coefficient (Wildman–Crippen LogP) is 4.90. The molecule has 1 rings (SSSR count). The molecule has 0 aromatic heterocycles. The highest BCUT2D eigenvalue weighted by Gasteiger charge is 2.08. The van der Waals surface area contributed by atoms with Crippen molar-refractivity contribution in [1.82, 2.24) is 0 Å². The molecular weight excluding hydrogens is 243 g/mol. The largest absolute Gasteiger partial charge is 0.436 e. The van der Waals surface area contributed by atoms with Gasteiger partial charge in [0.2, 0.25) is 0 Å². The van der Waals surface area contributed by atoms with Crippen molar-refractivity contribution in [2.45, 2.75) is 27.2 Å². The summed E-state index contributed by atoms with van der Waals surface area (Å²) in [7, 11) is -1.32. The Balaban J connectivity index is 2.28. The van der Waals surface area contributed by atoms with Gasteiger partial charge < -0.3 is 9.05 Å². The average molecular weight is 261 g/mol. The Morgan fingerprint density at radius 3 is 2.44 bits per heavy atom. The topological polar surface area (TPSA) is 18.5 Å². The SMILES string of the molecule is Cc1ccc(OP(Cl)OCCC(C)C)cc1. The Kier molecular flexibility index (Phi) is 6.12. The van der Waals surface area contributed by atoms with Crippen LogP contribution in [0.15, 0.2) is 24.3 Å². The summed E-state index contributed by atoms with van der Waals surface area (Å²) in [6.45, 7) is 6.99. The third-order valence-electron chi connectivity index (χ3n) is 2.09. The molecule has 90 valence electrons. The summed E-state index contributed by atoms with van der Waals surface area (Å²) >= 11 is 5.96. The standard InChI is InChI=1S/C12H18ClO2P/c1-10(2)8-9-14-16(13)15-12-6-4-11(3)5-7-12/h4-7,10H,8-9H2,1-3H3. The quantitative estimate of drug-likeness (QED) is 0.677. The van der Waals surface area contributed by atoms with E-state index < -0.39 is 7.73 Å². The van der Waals surface area contributed by atoms with Crippen molar-refractivity contribution in [3.05, 3.63) is 29.8 Å². The normalized spacial score (nSPS) is 12.8. The molecule has 1 aromatic rings. The summed E-state index contributed by atoms with van der Waals surface area (Å²) in [6.07, 6.45) is 1.00. The molecule has 0 amide bonds. The third-order valence-corrected chi connectivity index (χ3v) is 3.33. The van der Waals surface area contributed by atoms with Crippen LogP contribution in [0, 0.1) is 12.8 Å². The van der Waals surface area contributed by atoms with Gasteiger partial charge in [-0.2, -0.15) is 0 Å². The molecule has 0 saturated carbocycles. The van der Waals surface area contributed by atoms with Crippen molar-refractivity contribution < 1.29 is 9.05 Å². The molecule has 0 aliphatic heterocycles. The van der Waals surface area contributed by atoms with E-state index in [4.69, 9.17) is 20.3 Å². The van der Waals surface area contributed by atoms with Crippen LogP contribution in [0.5, 0.6) is 5.75 Å². The molecule has 1 atom stereocenters. The molecule has 0 spiro atoms. The molecule has 0 bridgehead atoms. The van der Waals surface area contributed by atoms with Crippen LogP contribution < -0.4 is 4.52 Å². The highest BCUT2D eigenvalue weighted by molar-refractivity contribution is 7.76. The van der Waals surface area contributed by atoms with Crippen LogP contribution in [0.4, 0.5) is 0 Å². The molecule has 0 aliphatic rings. The molecule has 0 N–H and O–H groups in total. The van der Waals surface area contributed by atoms with E-state index in [-0.39, 0.29) is 0 Å². The lowest BCUT2D eigenvalue weighted by Crippen LogP contribution is -1.96. The minimum Gasteiger partial charge on any atom is -0.436 e. The van der Waals surface area contributed by atoms with Crippen molar-refractivity contribution in [3.63, 3.8) is 0 Å². The fourth-order valence-corrected chi connectivity index (χ4v) is 2.10. The van der Waals surface area contributed by atoms with Crippen molar-refractivity contribution >= 4 is 19.0 Å². The maximum atomic E-state index is 5.96. The van der Waals surface area contributed by atoms with Crippen LogP contribution in [-0.4, -0.2) is 6.61 Å². The number of rotatable bonds is 6. The second-order valence-corrected chi connectivity index (χ2v) is 5.83. The van der Waals surface area contributed by atoms with Gasteiger partial charge in [0.25, 0.3) is 0 Å². The molecule has 0 heterocycles. The van der Waals surface area contributed by atoms with Gasteiger partial charge in [-0.3, -0.25) is 0 Å². The number of halogens is 1. The first kappa shape index (κ1) is 13.8. The van der Waals surface area contributed by atoms with E-state index in [2.05, 4.69) is 13.8 Å². The van der Waals surface area contributed by atoms with Gasteiger partial charge in [0, 0.05) is 0 Å². The van der Waals surface area contributed by atoms with Gasteiger partial charge in [-0.1, -0.05) is 31.5 Å². The Morgan fingerprint density at radius 1 is 1.25 bits per heavy atom. The molecule has 0 radical (unpaired) electrons. The van der Waals surface area contributed by atoms with Crippen molar-refractivity contribution in [2.75, 3.05) is 6.61 Å². The fourth-order valence-electron chi connectivity index (χ4n) is 1.07. The van der Waals surface area contributed by atoms with Gasteiger partial charge in [0.15, 0.2) is 0 Å². The Bertz CT molecular complexity index is 300. The van der Waals surface area contributed by atoms with Gasteiger partial charge in [-0.05, 0) is 42.6 Å². The predicted molar refractivity (Wildman–Crippen MR) is 70.0 cm³/mol. The minimum absolute atomic E-state index is 0.624. The highest BCUT2D eigenvalue weighted by Crippen LogP contribution is 2.44. The summed E-state index contributed by atoms with van der Waals surface area (Å²) < 4.78 is 10.9. The van der Waals surface area contributed by atoms with E-state index in [9.17, 15) is 0 Å². The first-order valence-corrected chi connectivity index (χ1v) is 7.49. The number of aryl methyl sites for hydroxylation is 1. The average Bonchev–Trinajstić information content (AvgIpc) is 2.21. The number of benzene rings is 1. The first-order chi connectivity index (χ1) is 7.58. The summed E-state index contributed by atoms with van der Waals surface area (Å²) in [6, 6.07) is 7.78. The van der Waals surface area contributed by atoms with Crippen LogP contribution in [0.3, 0.4) is 0 Å². The van der Waals surface area contributed by atoms with Gasteiger partial charge in [0.05, 0.1) is 6.61 Å². The van der Waals surface area contributed by atoms with E-state index in [1.807, 2.05) is 31.2 Å². The fraction of sp³-hybridized carbons (Fsp3) is 0.500. The molecule has 4 heteroatoms. The molecule has 1 aromatic carbocycles. The van der Waals surface area contributed by atoms with E-state index in [0.717, 1.165) is 12.2 Å². The Labute approximate surface area is 104 Å². The smallest absolute Gasteiger partial charge is 0.338 e. The summed E-state index contributed by atoms with van der Waals surface area (Å²) in [5.41, 5.74) is 1.20.